The first kappa shape index (κ1) is 28.8. The Kier molecular flexibility index (Phi) is 10.4. The summed E-state index contributed by atoms with van der Waals surface area (Å²) in [6, 6.07) is 9.12. The Bertz CT molecular complexity index is 1250. The van der Waals surface area contributed by atoms with E-state index < -0.39 is 35.6 Å². The molecule has 2 N–H and O–H groups in total. The van der Waals surface area contributed by atoms with Crippen LogP contribution in [0, 0.1) is 11.8 Å². The number of thiophene rings is 1. The second-order valence-corrected chi connectivity index (χ2v) is 10.7. The third-order valence-electron chi connectivity index (χ3n) is 5.60. The van der Waals surface area contributed by atoms with Gasteiger partial charge in [-0.1, -0.05) is 58.0 Å². The lowest BCUT2D eigenvalue weighted by Gasteiger charge is -2.24. The van der Waals surface area contributed by atoms with Crippen molar-refractivity contribution in [2.24, 2.45) is 11.8 Å². The number of hydrogen-bond acceptors (Lipinski definition) is 8. The Balaban J connectivity index is 1.70. The fraction of sp³-hybridized carbons (Fsp3) is 0.444. The topological polar surface area (TPSA) is 133 Å². The van der Waals surface area contributed by atoms with Crippen LogP contribution in [0.5, 0.6) is 0 Å². The van der Waals surface area contributed by atoms with E-state index in [9.17, 15) is 19.2 Å². The summed E-state index contributed by atoms with van der Waals surface area (Å²) in [5.74, 6) is -2.15. The molecule has 1 aromatic carbocycles. The maximum Gasteiger partial charge on any atom is 0.437 e. The molecule has 0 aliphatic heterocycles. The lowest BCUT2D eigenvalue weighted by molar-refractivity contribution is -0.124. The van der Waals surface area contributed by atoms with Gasteiger partial charge in [0.05, 0.1) is 12.6 Å². The number of ketones is 1. The molecule has 0 unspecified atom stereocenters. The van der Waals surface area contributed by atoms with Crippen LogP contribution in [0.4, 0.5) is 4.79 Å². The summed E-state index contributed by atoms with van der Waals surface area (Å²) in [5.41, 5.74) is 1.67. The maximum atomic E-state index is 13.3. The van der Waals surface area contributed by atoms with Gasteiger partial charge >= 0.3 is 11.8 Å². The number of alkyl carbamates (subject to hydrolysis) is 1. The number of ether oxygens (including phenoxy) is 1. The number of Topliss-reactive ketones (excluding diaryl/α,β-unsaturated/α-hetero) is 1. The van der Waals surface area contributed by atoms with Crippen LogP contribution in [0.2, 0.25) is 0 Å². The third-order valence-corrected chi connectivity index (χ3v) is 6.33. The maximum absolute atomic E-state index is 13.3. The largest absolute Gasteiger partial charge is 0.445 e. The minimum Gasteiger partial charge on any atom is -0.445 e. The van der Waals surface area contributed by atoms with Gasteiger partial charge in [-0.05, 0) is 52.6 Å². The van der Waals surface area contributed by atoms with Crippen LogP contribution in [0.3, 0.4) is 0 Å². The number of aromatic nitrogens is 2. The van der Waals surface area contributed by atoms with Crippen LogP contribution in [0.25, 0.3) is 0 Å². The van der Waals surface area contributed by atoms with E-state index in [1.54, 1.807) is 0 Å². The molecule has 3 aromatic rings. The Morgan fingerprint density at radius 1 is 0.974 bits per heavy atom. The smallest absolute Gasteiger partial charge is 0.437 e. The van der Waals surface area contributed by atoms with Gasteiger partial charge in [0.25, 0.3) is 5.89 Å². The molecular weight excluding hydrogens is 508 g/mol. The summed E-state index contributed by atoms with van der Waals surface area (Å²) in [5, 5.41) is 13.2. The fourth-order valence-corrected chi connectivity index (χ4v) is 4.46. The van der Waals surface area contributed by atoms with Gasteiger partial charge in [-0.3, -0.25) is 9.59 Å². The highest BCUT2D eigenvalue weighted by atomic mass is 32.1. The van der Waals surface area contributed by atoms with Crippen molar-refractivity contribution in [3.8, 4) is 0 Å². The normalized spacial score (nSPS) is 12.8. The zero-order chi connectivity index (χ0) is 27.7. The highest BCUT2D eigenvalue weighted by molar-refractivity contribution is 7.07. The molecular formula is C27H34N4O6S. The number of carbonyl (C=O) groups excluding carboxylic acids is 3. The van der Waals surface area contributed by atoms with Crippen LogP contribution in [0.15, 0.2) is 56.4 Å². The van der Waals surface area contributed by atoms with Gasteiger partial charge in [0, 0.05) is 0 Å². The molecule has 11 heteroatoms. The van der Waals surface area contributed by atoms with Gasteiger partial charge in [-0.15, -0.1) is 5.10 Å². The van der Waals surface area contributed by atoms with Crippen molar-refractivity contribution in [1.82, 2.24) is 20.4 Å². The molecule has 0 aliphatic carbocycles. The molecule has 0 bridgehead atoms. The minimum atomic E-state index is -0.994. The van der Waals surface area contributed by atoms with E-state index in [-0.39, 0.29) is 30.9 Å². The number of hydrogen-bond donors (Lipinski definition) is 2. The Labute approximate surface area is 225 Å². The standard InChI is InChI=1S/C27H34N4O6S/c1-17(2)12-21(23(32)25-30-31(27(35)37-25)14-20-10-11-38-16-20)28-24(33)22(13-18(3)4)29-26(34)36-15-19-8-6-5-7-9-19/h5-11,16-18,21-22H,12-15H2,1-4H3,(H,28,33)(H,29,34)/t21-,22-/m0/s1. The number of carbonyl (C=O) groups is 3. The van der Waals surface area contributed by atoms with Gasteiger partial charge < -0.3 is 19.8 Å². The Morgan fingerprint density at radius 2 is 1.66 bits per heavy atom. The summed E-state index contributed by atoms with van der Waals surface area (Å²) in [4.78, 5) is 51.3. The van der Waals surface area contributed by atoms with Crippen LogP contribution >= 0.6 is 11.3 Å². The zero-order valence-corrected chi connectivity index (χ0v) is 22.8. The summed E-state index contributed by atoms with van der Waals surface area (Å²) < 4.78 is 11.5. The highest BCUT2D eigenvalue weighted by Gasteiger charge is 2.31. The molecule has 38 heavy (non-hydrogen) atoms. The Hall–Kier alpha value is -3.73. The first-order chi connectivity index (χ1) is 18.1. The predicted octanol–water partition coefficient (Wildman–Crippen LogP) is 4.00. The van der Waals surface area contributed by atoms with Gasteiger partial charge in [0.2, 0.25) is 11.7 Å². The summed E-state index contributed by atoms with van der Waals surface area (Å²) in [6.07, 6.45) is -0.114. The number of rotatable bonds is 13. The lowest BCUT2D eigenvalue weighted by Crippen LogP contribution is -2.52. The van der Waals surface area contributed by atoms with Crippen LogP contribution in [-0.4, -0.2) is 39.6 Å². The fourth-order valence-electron chi connectivity index (χ4n) is 3.80. The third kappa shape index (κ3) is 8.69. The van der Waals surface area contributed by atoms with Crippen LogP contribution in [-0.2, 0) is 22.7 Å². The average molecular weight is 543 g/mol. The van der Waals surface area contributed by atoms with E-state index in [0.29, 0.717) is 12.8 Å². The molecule has 0 radical (unpaired) electrons. The number of nitrogens with zero attached hydrogens (tertiary/aromatic N) is 2. The molecule has 2 heterocycles. The molecule has 2 amide bonds. The average Bonchev–Trinajstić information content (AvgIpc) is 3.51. The minimum absolute atomic E-state index is 0.0382. The van der Waals surface area contributed by atoms with E-state index in [1.807, 2.05) is 74.9 Å². The highest BCUT2D eigenvalue weighted by Crippen LogP contribution is 2.13. The second-order valence-electron chi connectivity index (χ2n) is 9.91. The predicted molar refractivity (Wildman–Crippen MR) is 143 cm³/mol. The molecule has 0 saturated heterocycles. The molecule has 2 aromatic heterocycles. The van der Waals surface area contributed by atoms with Crippen molar-refractivity contribution < 1.29 is 23.5 Å². The van der Waals surface area contributed by atoms with Gasteiger partial charge in [0.15, 0.2) is 0 Å². The SMILES string of the molecule is CC(C)C[C@H](NC(=O)OCc1ccccc1)C(=O)N[C@@H](CC(C)C)C(=O)c1nn(Cc2ccsc2)c(=O)o1. The summed E-state index contributed by atoms with van der Waals surface area (Å²) in [6.45, 7) is 7.88. The molecule has 0 spiro atoms. The molecule has 3 rings (SSSR count). The summed E-state index contributed by atoms with van der Waals surface area (Å²) >= 11 is 1.48. The quantitative estimate of drug-likeness (QED) is 0.312. The first-order valence-electron chi connectivity index (χ1n) is 12.5. The van der Waals surface area contributed by atoms with Gasteiger partial charge in [-0.2, -0.15) is 16.0 Å². The number of amides is 2. The Morgan fingerprint density at radius 3 is 2.29 bits per heavy atom. The van der Waals surface area contributed by atoms with Crippen molar-refractivity contribution in [3.05, 3.63) is 74.7 Å². The summed E-state index contributed by atoms with van der Waals surface area (Å²) in [7, 11) is 0. The van der Waals surface area contributed by atoms with Crippen LogP contribution < -0.4 is 16.4 Å². The van der Waals surface area contributed by atoms with E-state index in [4.69, 9.17) is 9.15 Å². The van der Waals surface area contributed by atoms with Gasteiger partial charge in [0.1, 0.15) is 12.6 Å². The molecule has 10 nitrogen and oxygen atoms in total. The molecule has 0 aliphatic rings. The van der Waals surface area contributed by atoms with Gasteiger partial charge in [-0.25, -0.2) is 9.59 Å². The van der Waals surface area contributed by atoms with E-state index in [2.05, 4.69) is 15.7 Å². The monoisotopic (exact) mass is 542 g/mol. The van der Waals surface area contributed by atoms with Crippen LogP contribution in [0.1, 0.15) is 62.3 Å². The van der Waals surface area contributed by atoms with E-state index in [0.717, 1.165) is 15.8 Å². The van der Waals surface area contributed by atoms with Crippen molar-refractivity contribution in [2.75, 3.05) is 0 Å². The van der Waals surface area contributed by atoms with Crippen molar-refractivity contribution in [3.63, 3.8) is 0 Å². The van der Waals surface area contributed by atoms with E-state index >= 15 is 0 Å². The molecule has 0 saturated carbocycles. The number of nitrogens with one attached hydrogen (secondary N) is 2. The molecule has 0 fully saturated rings. The lowest BCUT2D eigenvalue weighted by atomic mass is 9.98. The number of benzene rings is 1. The van der Waals surface area contributed by atoms with Crippen molar-refractivity contribution in [2.45, 2.75) is 65.8 Å². The first-order valence-corrected chi connectivity index (χ1v) is 13.5. The molecule has 2 atom stereocenters. The van der Waals surface area contributed by atoms with Crippen molar-refractivity contribution in [1.29, 1.82) is 0 Å². The second kappa shape index (κ2) is 13.7. The van der Waals surface area contributed by atoms with Crippen molar-refractivity contribution >= 4 is 29.1 Å². The zero-order valence-electron chi connectivity index (χ0n) is 22.0. The molecule has 204 valence electrons. The van der Waals surface area contributed by atoms with E-state index in [1.165, 1.54) is 11.3 Å².